The van der Waals surface area contributed by atoms with Gasteiger partial charge in [0.1, 0.15) is 6.61 Å². The van der Waals surface area contributed by atoms with Gasteiger partial charge in [0.25, 0.3) is 0 Å². The number of carbonyl (C=O) groups excluding carboxylic acids is 2. The van der Waals surface area contributed by atoms with Crippen molar-refractivity contribution in [1.29, 1.82) is 0 Å². The van der Waals surface area contributed by atoms with E-state index in [2.05, 4.69) is 13.8 Å². The molecular weight excluding hydrogens is 452 g/mol. The Morgan fingerprint density at radius 1 is 0.639 bits per heavy atom. The van der Waals surface area contributed by atoms with Crippen LogP contribution in [-0.4, -0.2) is 36.4 Å². The lowest BCUT2D eigenvalue weighted by atomic mass is 10.1. The summed E-state index contributed by atoms with van der Waals surface area (Å²) in [6.45, 7) is 3.85. The highest BCUT2D eigenvalue weighted by molar-refractivity contribution is 5.83. The predicted octanol–water partition coefficient (Wildman–Crippen LogP) is 7.94. The van der Waals surface area contributed by atoms with E-state index in [-0.39, 0.29) is 6.61 Å². The van der Waals surface area contributed by atoms with E-state index in [1.54, 1.807) is 12.2 Å². The number of ether oxygens (including phenoxy) is 2. The van der Waals surface area contributed by atoms with Gasteiger partial charge in [-0.25, -0.2) is 9.59 Å². The number of aliphatic hydroxyl groups is 1. The molecular formula is C31H52O5. The highest BCUT2D eigenvalue weighted by Gasteiger charge is 2.13. The standard InChI is InChI=1S/C31H52O5/c1-3-5-7-9-11-13-15-17-19-21-23-25-30(33)35-28-29(27-32)36-31(34)26-24-22-20-18-16-14-12-10-8-6-4-2/h19-26,29,32H,3-18,27-28H2,1-2H3/b21-19+,22-20+,25-23+,26-24+/t29-/m0/s1. The fourth-order valence-electron chi connectivity index (χ4n) is 3.61. The summed E-state index contributed by atoms with van der Waals surface area (Å²) in [7, 11) is 0. The van der Waals surface area contributed by atoms with Gasteiger partial charge in [0.15, 0.2) is 6.10 Å². The Kier molecular flexibility index (Phi) is 25.8. The lowest BCUT2D eigenvalue weighted by Gasteiger charge is -2.13. The number of esters is 2. The van der Waals surface area contributed by atoms with Crippen LogP contribution in [0.2, 0.25) is 0 Å². The molecule has 5 heteroatoms. The molecule has 0 spiro atoms. The van der Waals surface area contributed by atoms with Gasteiger partial charge >= 0.3 is 11.9 Å². The zero-order valence-corrected chi connectivity index (χ0v) is 23.0. The van der Waals surface area contributed by atoms with Crippen molar-refractivity contribution in [2.45, 2.75) is 123 Å². The fraction of sp³-hybridized carbons (Fsp3) is 0.677. The van der Waals surface area contributed by atoms with Crippen LogP contribution >= 0.6 is 0 Å². The van der Waals surface area contributed by atoms with Gasteiger partial charge in [0, 0.05) is 12.2 Å². The molecule has 0 aliphatic heterocycles. The quantitative estimate of drug-likeness (QED) is 0.0625. The van der Waals surface area contributed by atoms with Crippen LogP contribution in [0.25, 0.3) is 0 Å². The third kappa shape index (κ3) is 25.0. The number of rotatable bonds is 24. The first-order valence-electron chi connectivity index (χ1n) is 14.3. The molecule has 5 nitrogen and oxygen atoms in total. The van der Waals surface area contributed by atoms with E-state index >= 15 is 0 Å². The minimum Gasteiger partial charge on any atom is -0.458 e. The molecule has 0 rings (SSSR count). The van der Waals surface area contributed by atoms with Crippen molar-refractivity contribution in [3.8, 4) is 0 Å². The molecule has 0 heterocycles. The number of allylic oxidation sites excluding steroid dienone is 6. The van der Waals surface area contributed by atoms with Crippen LogP contribution < -0.4 is 0 Å². The summed E-state index contributed by atoms with van der Waals surface area (Å²) >= 11 is 0. The highest BCUT2D eigenvalue weighted by Crippen LogP contribution is 2.09. The summed E-state index contributed by atoms with van der Waals surface area (Å²) in [6.07, 6.45) is 32.6. The first-order valence-corrected chi connectivity index (χ1v) is 14.3. The van der Waals surface area contributed by atoms with Crippen molar-refractivity contribution in [3.63, 3.8) is 0 Å². The number of hydrogen-bond acceptors (Lipinski definition) is 5. The van der Waals surface area contributed by atoms with Crippen molar-refractivity contribution >= 4 is 11.9 Å². The number of carbonyl (C=O) groups is 2. The van der Waals surface area contributed by atoms with Crippen LogP contribution in [0.4, 0.5) is 0 Å². The first-order chi connectivity index (χ1) is 17.6. The van der Waals surface area contributed by atoms with Crippen molar-refractivity contribution in [2.75, 3.05) is 13.2 Å². The van der Waals surface area contributed by atoms with Crippen LogP contribution in [0.1, 0.15) is 117 Å². The number of hydrogen-bond donors (Lipinski definition) is 1. The van der Waals surface area contributed by atoms with E-state index in [9.17, 15) is 14.7 Å². The van der Waals surface area contributed by atoms with Crippen LogP contribution in [0.3, 0.4) is 0 Å². The molecule has 0 aliphatic rings. The maximum atomic E-state index is 11.9. The van der Waals surface area contributed by atoms with Crippen LogP contribution in [0.5, 0.6) is 0 Å². The maximum absolute atomic E-state index is 11.9. The van der Waals surface area contributed by atoms with Crippen molar-refractivity contribution in [3.05, 3.63) is 48.6 Å². The molecule has 0 saturated heterocycles. The van der Waals surface area contributed by atoms with Gasteiger partial charge in [-0.1, -0.05) is 127 Å². The van der Waals surface area contributed by atoms with E-state index in [0.29, 0.717) is 0 Å². The molecule has 0 fully saturated rings. The molecule has 36 heavy (non-hydrogen) atoms. The maximum Gasteiger partial charge on any atom is 0.331 e. The van der Waals surface area contributed by atoms with E-state index in [4.69, 9.17) is 9.47 Å². The molecule has 0 saturated carbocycles. The monoisotopic (exact) mass is 504 g/mol. The second-order valence-electron chi connectivity index (χ2n) is 9.27. The first kappa shape index (κ1) is 33.9. The third-order valence-corrected chi connectivity index (χ3v) is 5.81. The van der Waals surface area contributed by atoms with E-state index in [0.717, 1.165) is 25.7 Å². The molecule has 206 valence electrons. The van der Waals surface area contributed by atoms with Gasteiger partial charge in [-0.15, -0.1) is 0 Å². The average Bonchev–Trinajstić information content (AvgIpc) is 2.88. The third-order valence-electron chi connectivity index (χ3n) is 5.81. The van der Waals surface area contributed by atoms with Gasteiger partial charge in [0.05, 0.1) is 6.61 Å². The average molecular weight is 505 g/mol. The summed E-state index contributed by atoms with van der Waals surface area (Å²) in [5.41, 5.74) is 0. The second-order valence-corrected chi connectivity index (χ2v) is 9.27. The number of aliphatic hydroxyl groups excluding tert-OH is 1. The number of unbranched alkanes of at least 4 members (excludes halogenated alkanes) is 14. The Bertz CT molecular complexity index is 633. The van der Waals surface area contributed by atoms with Crippen LogP contribution in [-0.2, 0) is 19.1 Å². The predicted molar refractivity (Wildman–Crippen MR) is 150 cm³/mol. The van der Waals surface area contributed by atoms with Gasteiger partial charge in [-0.05, 0) is 25.7 Å². The Labute approximate surface area is 220 Å². The molecule has 0 unspecified atom stereocenters. The normalized spacial score (nSPS) is 12.9. The molecule has 0 amide bonds. The lowest BCUT2D eigenvalue weighted by molar-refractivity contribution is -0.154. The fourth-order valence-corrected chi connectivity index (χ4v) is 3.61. The largest absolute Gasteiger partial charge is 0.458 e. The van der Waals surface area contributed by atoms with Crippen molar-refractivity contribution in [1.82, 2.24) is 0 Å². The molecule has 0 aromatic carbocycles. The van der Waals surface area contributed by atoms with Crippen molar-refractivity contribution < 1.29 is 24.2 Å². The molecule has 0 bridgehead atoms. The Morgan fingerprint density at radius 3 is 1.56 bits per heavy atom. The summed E-state index contributed by atoms with van der Waals surface area (Å²) in [4.78, 5) is 23.7. The molecule has 1 atom stereocenters. The minimum atomic E-state index is -0.885. The van der Waals surface area contributed by atoms with E-state index in [1.807, 2.05) is 24.3 Å². The molecule has 1 N–H and O–H groups in total. The SMILES string of the molecule is CCCCCCCCC/C=C/C=C/C(=O)OC[C@H](CO)OC(=O)/C=C/C=C/CCCCCCCCC. The minimum absolute atomic E-state index is 0.185. The van der Waals surface area contributed by atoms with Crippen LogP contribution in [0, 0.1) is 0 Å². The summed E-state index contributed by atoms with van der Waals surface area (Å²) < 4.78 is 10.2. The van der Waals surface area contributed by atoms with Gasteiger partial charge in [-0.3, -0.25) is 0 Å². The molecule has 0 aromatic rings. The van der Waals surface area contributed by atoms with Gasteiger partial charge in [0.2, 0.25) is 0 Å². The van der Waals surface area contributed by atoms with Gasteiger partial charge in [-0.2, -0.15) is 0 Å². The molecule has 0 radical (unpaired) electrons. The summed E-state index contributed by atoms with van der Waals surface area (Å²) in [5.74, 6) is -1.11. The summed E-state index contributed by atoms with van der Waals surface area (Å²) in [5, 5.41) is 9.39. The Morgan fingerprint density at radius 2 is 1.08 bits per heavy atom. The summed E-state index contributed by atoms with van der Waals surface area (Å²) in [6, 6.07) is 0. The topological polar surface area (TPSA) is 72.8 Å². The zero-order chi connectivity index (χ0) is 26.5. The molecule has 0 aromatic heterocycles. The smallest absolute Gasteiger partial charge is 0.331 e. The van der Waals surface area contributed by atoms with Crippen LogP contribution in [0.15, 0.2) is 48.6 Å². The Hall–Kier alpha value is -2.14. The van der Waals surface area contributed by atoms with Crippen molar-refractivity contribution in [2.24, 2.45) is 0 Å². The Balaban J connectivity index is 3.90. The van der Waals surface area contributed by atoms with E-state index < -0.39 is 24.6 Å². The second kappa shape index (κ2) is 27.4. The van der Waals surface area contributed by atoms with Gasteiger partial charge < -0.3 is 14.6 Å². The van der Waals surface area contributed by atoms with E-state index in [1.165, 1.54) is 89.2 Å². The highest BCUT2D eigenvalue weighted by atomic mass is 16.6. The zero-order valence-electron chi connectivity index (χ0n) is 23.0. The molecule has 0 aliphatic carbocycles. The lowest BCUT2D eigenvalue weighted by Crippen LogP contribution is -2.27.